The van der Waals surface area contributed by atoms with E-state index in [9.17, 15) is 9.59 Å². The molecule has 0 saturated carbocycles. The number of primary amides is 1. The second-order valence-corrected chi connectivity index (χ2v) is 8.13. The summed E-state index contributed by atoms with van der Waals surface area (Å²) >= 11 is 1.26. The molecule has 1 aliphatic heterocycles. The van der Waals surface area contributed by atoms with Crippen molar-refractivity contribution in [3.8, 4) is 22.9 Å². The van der Waals surface area contributed by atoms with Gasteiger partial charge < -0.3 is 20.3 Å². The molecule has 164 valence electrons. The Morgan fingerprint density at radius 2 is 1.84 bits per heavy atom. The van der Waals surface area contributed by atoms with E-state index in [2.05, 4.69) is 9.88 Å². The van der Waals surface area contributed by atoms with Gasteiger partial charge in [0.15, 0.2) is 5.13 Å². The smallest absolute Gasteiger partial charge is 0.261 e. The highest BCUT2D eigenvalue weighted by molar-refractivity contribution is 7.18. The zero-order valence-electron chi connectivity index (χ0n) is 17.6. The van der Waals surface area contributed by atoms with Gasteiger partial charge in [-0.05, 0) is 31.2 Å². The van der Waals surface area contributed by atoms with Gasteiger partial charge in [0.1, 0.15) is 10.6 Å². The fraction of sp³-hybridized carbons (Fsp3) is 0.217. The number of hydrogen-bond acceptors (Lipinski definition) is 7. The molecule has 2 amide bonds. The van der Waals surface area contributed by atoms with E-state index in [0.29, 0.717) is 59.1 Å². The topological polar surface area (TPSA) is 102 Å². The van der Waals surface area contributed by atoms with Gasteiger partial charge in [0.25, 0.3) is 5.91 Å². The van der Waals surface area contributed by atoms with Crippen molar-refractivity contribution in [1.82, 2.24) is 14.9 Å². The number of rotatable bonds is 6. The second-order valence-electron chi connectivity index (χ2n) is 7.15. The molecule has 9 heteroatoms. The molecule has 0 radical (unpaired) electrons. The highest BCUT2D eigenvalue weighted by Gasteiger charge is 2.25. The maximum atomic E-state index is 12.1. The minimum Gasteiger partial charge on any atom is -0.439 e. The predicted molar refractivity (Wildman–Crippen MR) is 124 cm³/mol. The fourth-order valence-corrected chi connectivity index (χ4v) is 4.35. The zero-order valence-corrected chi connectivity index (χ0v) is 18.4. The van der Waals surface area contributed by atoms with Crippen LogP contribution in [0.25, 0.3) is 11.3 Å². The Bertz CT molecular complexity index is 1120. The van der Waals surface area contributed by atoms with Crippen LogP contribution in [0.3, 0.4) is 0 Å². The largest absolute Gasteiger partial charge is 0.439 e. The van der Waals surface area contributed by atoms with Crippen molar-refractivity contribution in [2.75, 3.05) is 31.1 Å². The molecule has 3 heterocycles. The lowest BCUT2D eigenvalue weighted by molar-refractivity contribution is -0.126. The third-order valence-corrected chi connectivity index (χ3v) is 6.12. The van der Waals surface area contributed by atoms with E-state index in [0.717, 1.165) is 0 Å². The third kappa shape index (κ3) is 4.78. The van der Waals surface area contributed by atoms with Gasteiger partial charge in [-0.15, -0.1) is 0 Å². The van der Waals surface area contributed by atoms with Gasteiger partial charge in [0.05, 0.1) is 5.69 Å². The van der Waals surface area contributed by atoms with Gasteiger partial charge in [-0.25, -0.2) is 9.97 Å². The van der Waals surface area contributed by atoms with E-state index >= 15 is 0 Å². The lowest BCUT2D eigenvalue weighted by Crippen LogP contribution is -2.48. The maximum absolute atomic E-state index is 12.1. The van der Waals surface area contributed by atoms with Gasteiger partial charge in [0.2, 0.25) is 11.8 Å². The highest BCUT2D eigenvalue weighted by atomic mass is 32.1. The molecule has 4 rings (SSSR count). The van der Waals surface area contributed by atoms with Crippen LogP contribution in [0, 0.1) is 0 Å². The highest BCUT2D eigenvalue weighted by Crippen LogP contribution is 2.34. The van der Waals surface area contributed by atoms with Crippen LogP contribution in [-0.2, 0) is 4.79 Å². The number of allylic oxidation sites excluding steroid dienone is 1. The lowest BCUT2D eigenvalue weighted by atomic mass is 10.2. The molecule has 1 aromatic carbocycles. The van der Waals surface area contributed by atoms with Gasteiger partial charge in [-0.1, -0.05) is 35.6 Å². The zero-order chi connectivity index (χ0) is 22.5. The minimum atomic E-state index is -0.532. The average molecular weight is 450 g/mol. The minimum absolute atomic E-state index is 0.00804. The summed E-state index contributed by atoms with van der Waals surface area (Å²) in [5, 5.41) is 0.705. The molecule has 0 aliphatic carbocycles. The van der Waals surface area contributed by atoms with E-state index in [-0.39, 0.29) is 5.91 Å². The Morgan fingerprint density at radius 1 is 1.09 bits per heavy atom. The van der Waals surface area contributed by atoms with E-state index in [4.69, 9.17) is 15.5 Å². The first kappa shape index (κ1) is 21.5. The van der Waals surface area contributed by atoms with Crippen molar-refractivity contribution in [2.45, 2.75) is 6.92 Å². The molecule has 2 N–H and O–H groups in total. The number of anilines is 1. The van der Waals surface area contributed by atoms with Crippen molar-refractivity contribution < 1.29 is 14.3 Å². The predicted octanol–water partition coefficient (Wildman–Crippen LogP) is 3.32. The Balaban J connectivity index is 1.51. The summed E-state index contributed by atoms with van der Waals surface area (Å²) < 4.78 is 5.73. The molecule has 1 fully saturated rings. The van der Waals surface area contributed by atoms with Gasteiger partial charge in [-0.3, -0.25) is 9.59 Å². The number of nitrogens with two attached hydrogens (primary N) is 1. The monoisotopic (exact) mass is 449 g/mol. The van der Waals surface area contributed by atoms with Crippen LogP contribution in [-0.4, -0.2) is 52.9 Å². The van der Waals surface area contributed by atoms with Crippen molar-refractivity contribution in [3.05, 3.63) is 65.7 Å². The van der Waals surface area contributed by atoms with Gasteiger partial charge in [0, 0.05) is 44.0 Å². The number of para-hydroxylation sites is 1. The molecule has 0 atom stereocenters. The number of carbonyl (C=O) groups is 2. The number of aromatic nitrogens is 2. The molecule has 0 unspecified atom stereocenters. The molecule has 32 heavy (non-hydrogen) atoms. The number of hydrogen-bond donors (Lipinski definition) is 1. The van der Waals surface area contributed by atoms with Crippen molar-refractivity contribution in [2.24, 2.45) is 5.73 Å². The molecule has 1 saturated heterocycles. The first-order valence-electron chi connectivity index (χ1n) is 10.2. The van der Waals surface area contributed by atoms with E-state index in [1.807, 2.05) is 43.3 Å². The Labute approximate surface area is 190 Å². The Hall–Kier alpha value is -3.72. The van der Waals surface area contributed by atoms with Crippen LogP contribution in [0.5, 0.6) is 11.6 Å². The van der Waals surface area contributed by atoms with Crippen LogP contribution in [0.15, 0.2) is 60.8 Å². The SMILES string of the molecule is C/C=C/C(=O)N1CCN(c2nc(-c3ccc(Oc4ccccc4)nc3)c(C(N)=O)s2)CC1. The van der Waals surface area contributed by atoms with Crippen molar-refractivity contribution in [1.29, 1.82) is 0 Å². The molecule has 8 nitrogen and oxygen atoms in total. The maximum Gasteiger partial charge on any atom is 0.261 e. The molecular weight excluding hydrogens is 426 g/mol. The lowest BCUT2D eigenvalue weighted by Gasteiger charge is -2.34. The van der Waals surface area contributed by atoms with E-state index in [1.165, 1.54) is 11.3 Å². The first-order valence-corrected chi connectivity index (χ1v) is 11.0. The van der Waals surface area contributed by atoms with Crippen LogP contribution < -0.4 is 15.4 Å². The number of ether oxygens (including phenoxy) is 1. The number of carbonyl (C=O) groups excluding carboxylic acids is 2. The van der Waals surface area contributed by atoms with Crippen LogP contribution >= 0.6 is 11.3 Å². The number of amides is 2. The van der Waals surface area contributed by atoms with Gasteiger partial charge in [-0.2, -0.15) is 0 Å². The summed E-state index contributed by atoms with van der Waals surface area (Å²) in [5.41, 5.74) is 6.82. The Morgan fingerprint density at radius 3 is 2.47 bits per heavy atom. The van der Waals surface area contributed by atoms with E-state index < -0.39 is 5.91 Å². The summed E-state index contributed by atoms with van der Waals surface area (Å²) in [5.74, 6) is 0.607. The van der Waals surface area contributed by atoms with Crippen molar-refractivity contribution in [3.63, 3.8) is 0 Å². The fourth-order valence-electron chi connectivity index (χ4n) is 3.36. The molecule has 3 aromatic rings. The summed E-state index contributed by atoms with van der Waals surface area (Å²) in [6.45, 7) is 4.28. The quantitative estimate of drug-likeness (QED) is 0.579. The summed E-state index contributed by atoms with van der Waals surface area (Å²) in [6.07, 6.45) is 4.93. The standard InChI is InChI=1S/C23H23N5O3S/c1-2-6-19(29)27-11-13-28(14-12-27)23-26-20(21(32-23)22(24)30)16-9-10-18(25-15-16)31-17-7-4-3-5-8-17/h2-10,15H,11-14H2,1H3,(H2,24,30)/b6-2+. The number of benzene rings is 1. The van der Waals surface area contributed by atoms with Crippen LogP contribution in [0.4, 0.5) is 5.13 Å². The molecule has 2 aromatic heterocycles. The average Bonchev–Trinajstić information content (AvgIpc) is 3.26. The van der Waals surface area contributed by atoms with Crippen molar-refractivity contribution >= 4 is 28.3 Å². The molecule has 1 aliphatic rings. The van der Waals surface area contributed by atoms with Crippen LogP contribution in [0.1, 0.15) is 16.6 Å². The third-order valence-electron chi connectivity index (χ3n) is 4.99. The number of pyridine rings is 1. The summed E-state index contributed by atoms with van der Waals surface area (Å²) in [4.78, 5) is 37.4. The number of nitrogens with zero attached hydrogens (tertiary/aromatic N) is 4. The Kier molecular flexibility index (Phi) is 6.46. The molecule has 0 bridgehead atoms. The number of thiazole rings is 1. The summed E-state index contributed by atoms with van der Waals surface area (Å²) in [6, 6.07) is 12.9. The molecule has 0 spiro atoms. The number of piperazine rings is 1. The molecular formula is C23H23N5O3S. The normalized spacial score (nSPS) is 14.0. The van der Waals surface area contributed by atoms with Crippen LogP contribution in [0.2, 0.25) is 0 Å². The van der Waals surface area contributed by atoms with E-state index in [1.54, 1.807) is 29.3 Å². The first-order chi connectivity index (χ1) is 15.5. The summed E-state index contributed by atoms with van der Waals surface area (Å²) in [7, 11) is 0. The van der Waals surface area contributed by atoms with Gasteiger partial charge >= 0.3 is 0 Å². The second kappa shape index (κ2) is 9.61.